The smallest absolute Gasteiger partial charge is 0.129 e. The molecule has 1 fully saturated rings. The zero-order chi connectivity index (χ0) is 9.97. The van der Waals surface area contributed by atoms with E-state index in [9.17, 15) is 0 Å². The number of nitrogens with two attached hydrogens (primary N) is 1. The molecule has 1 saturated carbocycles. The predicted molar refractivity (Wildman–Crippen MR) is 59.8 cm³/mol. The van der Waals surface area contributed by atoms with E-state index in [2.05, 4.69) is 6.07 Å². The summed E-state index contributed by atoms with van der Waals surface area (Å²) in [5.74, 6) is 1.81. The van der Waals surface area contributed by atoms with Crippen LogP contribution in [0.3, 0.4) is 0 Å². The van der Waals surface area contributed by atoms with Gasteiger partial charge in [0.25, 0.3) is 0 Å². The summed E-state index contributed by atoms with van der Waals surface area (Å²) in [6.45, 7) is 0. The molecule has 0 aliphatic heterocycles. The molecule has 1 aromatic rings. The van der Waals surface area contributed by atoms with Gasteiger partial charge in [0.15, 0.2) is 0 Å². The molecule has 1 aliphatic carbocycles. The Labute approximate surface area is 89.1 Å². The van der Waals surface area contributed by atoms with Gasteiger partial charge in [-0.2, -0.15) is 0 Å². The van der Waals surface area contributed by atoms with Crippen LogP contribution in [0.4, 0.5) is 0 Å². The molecule has 1 aliphatic rings. The molecule has 0 amide bonds. The van der Waals surface area contributed by atoms with E-state index in [1.54, 1.807) is 18.4 Å². The van der Waals surface area contributed by atoms with E-state index in [1.165, 1.54) is 24.1 Å². The second-order valence-corrected chi connectivity index (χ2v) is 4.97. The Kier molecular flexibility index (Phi) is 3.08. The van der Waals surface area contributed by atoms with Crippen LogP contribution in [0.25, 0.3) is 0 Å². The van der Waals surface area contributed by atoms with Gasteiger partial charge in [-0.05, 0) is 18.4 Å². The molecule has 0 aromatic carbocycles. The highest BCUT2D eigenvalue weighted by Crippen LogP contribution is 2.36. The molecule has 0 bridgehead atoms. The molecule has 0 spiro atoms. The first-order chi connectivity index (χ1) is 6.79. The van der Waals surface area contributed by atoms with E-state index in [0.717, 1.165) is 18.1 Å². The summed E-state index contributed by atoms with van der Waals surface area (Å²) in [6, 6.07) is 2.28. The molecule has 1 heterocycles. The van der Waals surface area contributed by atoms with Crippen LogP contribution in [-0.2, 0) is 0 Å². The van der Waals surface area contributed by atoms with Gasteiger partial charge < -0.3 is 10.5 Å². The van der Waals surface area contributed by atoms with Gasteiger partial charge in [0.2, 0.25) is 0 Å². The molecule has 0 saturated heterocycles. The highest BCUT2D eigenvalue weighted by atomic mass is 32.1. The van der Waals surface area contributed by atoms with Crippen molar-refractivity contribution < 1.29 is 4.74 Å². The van der Waals surface area contributed by atoms with E-state index in [1.807, 2.05) is 5.38 Å². The Hall–Kier alpha value is -0.540. The van der Waals surface area contributed by atoms with Crippen LogP contribution in [0.5, 0.6) is 5.75 Å². The first kappa shape index (κ1) is 9.99. The number of hydrogen-bond donors (Lipinski definition) is 1. The highest BCUT2D eigenvalue weighted by molar-refractivity contribution is 7.10. The number of rotatable bonds is 4. The lowest BCUT2D eigenvalue weighted by molar-refractivity contribution is 0.278. The third-order valence-electron chi connectivity index (χ3n) is 3.01. The fourth-order valence-corrected chi connectivity index (χ4v) is 2.71. The normalized spacial score (nSPS) is 19.0. The molecule has 0 radical (unpaired) electrons. The Morgan fingerprint density at radius 1 is 1.64 bits per heavy atom. The van der Waals surface area contributed by atoms with Gasteiger partial charge in [-0.1, -0.05) is 19.3 Å². The molecule has 2 N–H and O–H groups in total. The summed E-state index contributed by atoms with van der Waals surface area (Å²) in [5, 5.41) is 2.02. The minimum absolute atomic E-state index is 0.217. The first-order valence-electron chi connectivity index (χ1n) is 5.17. The predicted octanol–water partition coefficient (Wildman–Crippen LogP) is 2.95. The van der Waals surface area contributed by atoms with E-state index >= 15 is 0 Å². The maximum absolute atomic E-state index is 6.13. The van der Waals surface area contributed by atoms with E-state index in [4.69, 9.17) is 10.5 Å². The second-order valence-electron chi connectivity index (χ2n) is 4.03. The maximum Gasteiger partial charge on any atom is 0.129 e. The number of methoxy groups -OCH3 is 1. The van der Waals surface area contributed by atoms with Crippen molar-refractivity contribution in [1.82, 2.24) is 0 Å². The van der Waals surface area contributed by atoms with Crippen LogP contribution < -0.4 is 10.5 Å². The SMILES string of the molecule is COc1csc(C(N)CC2CCC2)c1. The molecule has 1 unspecified atom stereocenters. The van der Waals surface area contributed by atoms with Crippen LogP contribution in [0.15, 0.2) is 11.4 Å². The highest BCUT2D eigenvalue weighted by Gasteiger charge is 2.21. The Morgan fingerprint density at radius 3 is 2.93 bits per heavy atom. The fourth-order valence-electron chi connectivity index (χ4n) is 1.84. The third kappa shape index (κ3) is 2.10. The number of ether oxygens (including phenoxy) is 1. The number of hydrogen-bond acceptors (Lipinski definition) is 3. The van der Waals surface area contributed by atoms with E-state index in [0.29, 0.717) is 0 Å². The zero-order valence-corrected chi connectivity index (χ0v) is 9.35. The molecular formula is C11H17NOS. The fraction of sp³-hybridized carbons (Fsp3) is 0.636. The monoisotopic (exact) mass is 211 g/mol. The van der Waals surface area contributed by atoms with Crippen molar-refractivity contribution in [2.24, 2.45) is 11.7 Å². The lowest BCUT2D eigenvalue weighted by Crippen LogP contribution is -2.19. The van der Waals surface area contributed by atoms with Crippen molar-refractivity contribution in [1.29, 1.82) is 0 Å². The van der Waals surface area contributed by atoms with Crippen molar-refractivity contribution in [3.8, 4) is 5.75 Å². The molecule has 14 heavy (non-hydrogen) atoms. The summed E-state index contributed by atoms with van der Waals surface area (Å²) >= 11 is 1.71. The topological polar surface area (TPSA) is 35.2 Å². The molecule has 1 atom stereocenters. The molecular weight excluding hydrogens is 194 g/mol. The minimum Gasteiger partial charge on any atom is -0.496 e. The van der Waals surface area contributed by atoms with Crippen molar-refractivity contribution >= 4 is 11.3 Å². The van der Waals surface area contributed by atoms with Gasteiger partial charge in [-0.3, -0.25) is 0 Å². The summed E-state index contributed by atoms with van der Waals surface area (Å²) in [4.78, 5) is 1.26. The van der Waals surface area contributed by atoms with E-state index in [-0.39, 0.29) is 6.04 Å². The quantitative estimate of drug-likeness (QED) is 0.831. The third-order valence-corrected chi connectivity index (χ3v) is 4.05. The first-order valence-corrected chi connectivity index (χ1v) is 6.05. The lowest BCUT2D eigenvalue weighted by Gasteiger charge is -2.27. The summed E-state index contributed by atoms with van der Waals surface area (Å²) in [5.41, 5.74) is 6.13. The van der Waals surface area contributed by atoms with Crippen molar-refractivity contribution in [3.63, 3.8) is 0 Å². The van der Waals surface area contributed by atoms with Crippen molar-refractivity contribution in [3.05, 3.63) is 16.3 Å². The summed E-state index contributed by atoms with van der Waals surface area (Å²) < 4.78 is 5.15. The summed E-state index contributed by atoms with van der Waals surface area (Å²) in [7, 11) is 1.70. The maximum atomic E-state index is 6.13. The summed E-state index contributed by atoms with van der Waals surface area (Å²) in [6.07, 6.45) is 5.28. The van der Waals surface area contributed by atoms with Crippen LogP contribution in [0.2, 0.25) is 0 Å². The molecule has 78 valence electrons. The van der Waals surface area contributed by atoms with Gasteiger partial charge in [-0.25, -0.2) is 0 Å². The lowest BCUT2D eigenvalue weighted by atomic mass is 9.81. The second kappa shape index (κ2) is 4.32. The average Bonchev–Trinajstić information content (AvgIpc) is 2.59. The van der Waals surface area contributed by atoms with Crippen LogP contribution >= 0.6 is 11.3 Å². The Morgan fingerprint density at radius 2 is 2.43 bits per heavy atom. The molecule has 2 nitrogen and oxygen atoms in total. The van der Waals surface area contributed by atoms with E-state index < -0.39 is 0 Å². The molecule has 2 rings (SSSR count). The van der Waals surface area contributed by atoms with Gasteiger partial charge >= 0.3 is 0 Å². The molecule has 1 aromatic heterocycles. The zero-order valence-electron chi connectivity index (χ0n) is 8.53. The van der Waals surface area contributed by atoms with Gasteiger partial charge in [0.1, 0.15) is 5.75 Å². The Balaban J connectivity index is 1.92. The number of thiophene rings is 1. The Bertz CT molecular complexity index is 293. The molecule has 3 heteroatoms. The van der Waals surface area contributed by atoms with Crippen molar-refractivity contribution in [2.45, 2.75) is 31.7 Å². The largest absolute Gasteiger partial charge is 0.496 e. The minimum atomic E-state index is 0.217. The van der Waals surface area contributed by atoms with Gasteiger partial charge in [-0.15, -0.1) is 11.3 Å². The van der Waals surface area contributed by atoms with Gasteiger partial charge in [0, 0.05) is 16.3 Å². The van der Waals surface area contributed by atoms with Crippen LogP contribution in [0.1, 0.15) is 36.6 Å². The van der Waals surface area contributed by atoms with Crippen LogP contribution in [-0.4, -0.2) is 7.11 Å². The average molecular weight is 211 g/mol. The van der Waals surface area contributed by atoms with Gasteiger partial charge in [0.05, 0.1) is 7.11 Å². The standard InChI is InChI=1S/C11H17NOS/c1-13-9-6-11(14-7-9)10(12)5-8-3-2-4-8/h6-8,10H,2-5,12H2,1H3. The van der Waals surface area contributed by atoms with Crippen LogP contribution in [0, 0.1) is 5.92 Å². The van der Waals surface area contributed by atoms with Crippen molar-refractivity contribution in [2.75, 3.05) is 7.11 Å².